The van der Waals surface area contributed by atoms with Crippen LogP contribution in [0, 0.1) is 6.57 Å². The highest BCUT2D eigenvalue weighted by atomic mass is 16.5. The zero-order valence-electron chi connectivity index (χ0n) is 6.71. The Morgan fingerprint density at radius 1 is 1.50 bits per heavy atom. The Bertz CT molecular complexity index is 338. The molecule has 0 aromatic heterocycles. The molecule has 12 heavy (non-hydrogen) atoms. The van der Waals surface area contributed by atoms with E-state index in [2.05, 4.69) is 10.9 Å². The van der Waals surface area contributed by atoms with Gasteiger partial charge in [0.25, 0.3) is 0 Å². The largest absolute Gasteiger partial charge is 0.493 e. The van der Waals surface area contributed by atoms with Crippen molar-refractivity contribution in [3.63, 3.8) is 0 Å². The van der Waals surface area contributed by atoms with Crippen LogP contribution in [0.4, 0.5) is 0 Å². The Labute approximate surface area is 71.6 Å². The lowest BCUT2D eigenvalue weighted by atomic mass is 10.1. The van der Waals surface area contributed by atoms with Crippen LogP contribution in [0.1, 0.15) is 11.1 Å². The van der Waals surface area contributed by atoms with Crippen molar-refractivity contribution in [2.75, 3.05) is 6.61 Å². The van der Waals surface area contributed by atoms with Gasteiger partial charge in [0, 0.05) is 12.0 Å². The minimum absolute atomic E-state index is 0.455. The van der Waals surface area contributed by atoms with E-state index in [0.717, 1.165) is 24.3 Å². The van der Waals surface area contributed by atoms with Gasteiger partial charge >= 0.3 is 0 Å². The number of ether oxygens (including phenoxy) is 1. The first-order valence-corrected chi connectivity index (χ1v) is 3.98. The average Bonchev–Trinajstić information content (AvgIpc) is 2.51. The molecule has 1 aliphatic rings. The summed E-state index contributed by atoms with van der Waals surface area (Å²) in [4.78, 5) is 3.33. The highest BCUT2D eigenvalue weighted by Gasteiger charge is 2.12. The molecule has 0 radical (unpaired) electrons. The molecular weight excluding hydrogens is 150 g/mol. The van der Waals surface area contributed by atoms with Gasteiger partial charge in [0.15, 0.2) is 0 Å². The van der Waals surface area contributed by atoms with Crippen molar-refractivity contribution in [2.45, 2.75) is 13.0 Å². The quantitative estimate of drug-likeness (QED) is 0.572. The van der Waals surface area contributed by atoms with Gasteiger partial charge in [0.1, 0.15) is 5.75 Å². The van der Waals surface area contributed by atoms with Crippen LogP contribution in [-0.2, 0) is 13.0 Å². The van der Waals surface area contributed by atoms with Crippen molar-refractivity contribution < 1.29 is 4.74 Å². The maximum absolute atomic E-state index is 6.72. The third-order valence-corrected chi connectivity index (χ3v) is 2.02. The molecule has 1 heterocycles. The van der Waals surface area contributed by atoms with Gasteiger partial charge < -0.3 is 9.58 Å². The number of hydrogen-bond acceptors (Lipinski definition) is 1. The summed E-state index contributed by atoms with van der Waals surface area (Å²) in [5.41, 5.74) is 2.31. The van der Waals surface area contributed by atoms with Crippen LogP contribution in [0.3, 0.4) is 0 Å². The zero-order chi connectivity index (χ0) is 8.39. The second kappa shape index (κ2) is 2.86. The molecule has 0 fully saturated rings. The van der Waals surface area contributed by atoms with Gasteiger partial charge in [-0.3, -0.25) is 0 Å². The maximum Gasteiger partial charge on any atom is 0.239 e. The molecule has 0 amide bonds. The Morgan fingerprint density at radius 2 is 2.42 bits per heavy atom. The predicted octanol–water partition coefficient (Wildman–Crippen LogP) is 2.04. The average molecular weight is 159 g/mol. The van der Waals surface area contributed by atoms with E-state index in [0.29, 0.717) is 6.54 Å². The number of benzene rings is 1. The minimum Gasteiger partial charge on any atom is -0.493 e. The summed E-state index contributed by atoms with van der Waals surface area (Å²) in [6.07, 6.45) is 1.01. The van der Waals surface area contributed by atoms with Crippen molar-refractivity contribution in [1.29, 1.82) is 0 Å². The Kier molecular flexibility index (Phi) is 1.71. The topological polar surface area (TPSA) is 13.6 Å². The van der Waals surface area contributed by atoms with Crippen molar-refractivity contribution in [2.24, 2.45) is 0 Å². The van der Waals surface area contributed by atoms with Crippen LogP contribution in [-0.4, -0.2) is 6.61 Å². The summed E-state index contributed by atoms with van der Waals surface area (Å²) < 4.78 is 5.38. The normalized spacial score (nSPS) is 13.2. The van der Waals surface area contributed by atoms with E-state index < -0.39 is 0 Å². The molecule has 0 atom stereocenters. The minimum atomic E-state index is 0.455. The highest BCUT2D eigenvalue weighted by Crippen LogP contribution is 2.26. The zero-order valence-corrected chi connectivity index (χ0v) is 6.71. The summed E-state index contributed by atoms with van der Waals surface area (Å²) in [5, 5.41) is 0. The van der Waals surface area contributed by atoms with Crippen LogP contribution in [0.2, 0.25) is 0 Å². The molecule has 1 aliphatic heterocycles. The van der Waals surface area contributed by atoms with E-state index >= 15 is 0 Å². The van der Waals surface area contributed by atoms with Gasteiger partial charge in [-0.05, 0) is 11.6 Å². The van der Waals surface area contributed by atoms with Crippen LogP contribution in [0.5, 0.6) is 5.75 Å². The van der Waals surface area contributed by atoms with E-state index in [1.165, 1.54) is 5.56 Å². The molecular formula is C10H9NO. The number of nitrogens with zero attached hydrogens (tertiary/aromatic N) is 1. The third kappa shape index (κ3) is 1.14. The molecule has 2 nitrogen and oxygen atoms in total. The summed E-state index contributed by atoms with van der Waals surface area (Å²) in [7, 11) is 0. The molecule has 0 saturated carbocycles. The molecule has 0 N–H and O–H groups in total. The van der Waals surface area contributed by atoms with Gasteiger partial charge in [-0.1, -0.05) is 12.1 Å². The predicted molar refractivity (Wildman–Crippen MR) is 45.9 cm³/mol. The Balaban J connectivity index is 2.34. The lowest BCUT2D eigenvalue weighted by Crippen LogP contribution is -1.86. The highest BCUT2D eigenvalue weighted by molar-refractivity contribution is 5.40. The first-order chi connectivity index (χ1) is 5.90. The molecule has 0 unspecified atom stereocenters. The molecule has 0 saturated heterocycles. The van der Waals surface area contributed by atoms with Gasteiger partial charge in [-0.15, -0.1) is 0 Å². The van der Waals surface area contributed by atoms with E-state index in [-0.39, 0.29) is 0 Å². The third-order valence-electron chi connectivity index (χ3n) is 2.02. The molecule has 0 aliphatic carbocycles. The molecule has 2 heteroatoms. The second-order valence-corrected chi connectivity index (χ2v) is 2.86. The van der Waals surface area contributed by atoms with Crippen LogP contribution < -0.4 is 4.74 Å². The van der Waals surface area contributed by atoms with Crippen molar-refractivity contribution in [3.05, 3.63) is 40.7 Å². The Morgan fingerprint density at radius 3 is 3.25 bits per heavy atom. The molecule has 2 rings (SSSR count). The number of hydrogen-bond donors (Lipinski definition) is 0. The van der Waals surface area contributed by atoms with E-state index in [1.54, 1.807) is 0 Å². The molecule has 60 valence electrons. The van der Waals surface area contributed by atoms with Gasteiger partial charge in [0.2, 0.25) is 6.54 Å². The van der Waals surface area contributed by atoms with Gasteiger partial charge in [0.05, 0.1) is 6.61 Å². The summed E-state index contributed by atoms with van der Waals surface area (Å²) >= 11 is 0. The molecule has 0 bridgehead atoms. The smallest absolute Gasteiger partial charge is 0.239 e. The van der Waals surface area contributed by atoms with Gasteiger partial charge in [-0.2, -0.15) is 0 Å². The maximum atomic E-state index is 6.72. The van der Waals surface area contributed by atoms with E-state index in [1.807, 2.05) is 12.1 Å². The fourth-order valence-corrected chi connectivity index (χ4v) is 1.40. The first kappa shape index (κ1) is 7.17. The lowest BCUT2D eigenvalue weighted by molar-refractivity contribution is 0.356. The lowest BCUT2D eigenvalue weighted by Gasteiger charge is -1.98. The first-order valence-electron chi connectivity index (χ1n) is 3.98. The van der Waals surface area contributed by atoms with Crippen molar-refractivity contribution in [3.8, 4) is 5.75 Å². The van der Waals surface area contributed by atoms with Crippen LogP contribution >= 0.6 is 0 Å². The monoisotopic (exact) mass is 159 g/mol. The second-order valence-electron chi connectivity index (χ2n) is 2.86. The standard InChI is InChI=1S/C10H9NO/c1-11-7-8-2-3-9-4-5-12-10(9)6-8/h2-3,6H,4-5,7H2. The van der Waals surface area contributed by atoms with E-state index in [9.17, 15) is 0 Å². The van der Waals surface area contributed by atoms with E-state index in [4.69, 9.17) is 11.3 Å². The van der Waals surface area contributed by atoms with Crippen LogP contribution in [0.25, 0.3) is 4.85 Å². The summed E-state index contributed by atoms with van der Waals surface area (Å²) in [6.45, 7) is 7.96. The molecule has 1 aromatic rings. The number of fused-ring (bicyclic) bond motifs is 1. The van der Waals surface area contributed by atoms with Crippen molar-refractivity contribution >= 4 is 0 Å². The van der Waals surface area contributed by atoms with Crippen LogP contribution in [0.15, 0.2) is 18.2 Å². The SMILES string of the molecule is [C-]#[N+]Cc1ccc2c(c1)OCC2. The molecule has 1 aromatic carbocycles. The number of rotatable bonds is 1. The Hall–Kier alpha value is -1.49. The summed E-state index contributed by atoms with van der Waals surface area (Å²) in [5.74, 6) is 0.969. The van der Waals surface area contributed by atoms with Crippen molar-refractivity contribution in [1.82, 2.24) is 0 Å². The fourth-order valence-electron chi connectivity index (χ4n) is 1.40. The molecule has 0 spiro atoms. The summed E-state index contributed by atoms with van der Waals surface area (Å²) in [6, 6.07) is 6.04. The fraction of sp³-hybridized carbons (Fsp3) is 0.300. The van der Waals surface area contributed by atoms with Gasteiger partial charge in [-0.25, -0.2) is 6.57 Å².